The molecule has 0 aromatic carbocycles. The first-order valence-corrected chi connectivity index (χ1v) is 9.12. The molecule has 0 saturated carbocycles. The van der Waals surface area contributed by atoms with Crippen molar-refractivity contribution in [1.29, 1.82) is 0 Å². The van der Waals surface area contributed by atoms with Gasteiger partial charge in [0.25, 0.3) is 0 Å². The van der Waals surface area contributed by atoms with Gasteiger partial charge in [-0.1, -0.05) is 20.8 Å². The second kappa shape index (κ2) is 7.25. The van der Waals surface area contributed by atoms with Crippen LogP contribution in [0, 0.1) is 5.92 Å². The fourth-order valence-electron chi connectivity index (χ4n) is 3.39. The maximum absolute atomic E-state index is 9.23. The Bertz CT molecular complexity index is 691. The van der Waals surface area contributed by atoms with Gasteiger partial charge in [-0.25, -0.2) is 0 Å². The van der Waals surface area contributed by atoms with Gasteiger partial charge in [-0.15, -0.1) is 10.2 Å². The number of H-pyrrole nitrogens is 1. The molecule has 0 aliphatic carbocycles. The summed E-state index contributed by atoms with van der Waals surface area (Å²) in [5.74, 6) is 2.25. The summed E-state index contributed by atoms with van der Waals surface area (Å²) in [7, 11) is 1.93. The predicted molar refractivity (Wildman–Crippen MR) is 95.9 cm³/mol. The molecule has 0 radical (unpaired) electrons. The molecule has 1 fully saturated rings. The molecule has 7 nitrogen and oxygen atoms in total. The van der Waals surface area contributed by atoms with E-state index in [9.17, 15) is 5.11 Å². The Morgan fingerprint density at radius 1 is 1.20 bits per heavy atom. The summed E-state index contributed by atoms with van der Waals surface area (Å²) in [6, 6.07) is 2.20. The van der Waals surface area contributed by atoms with Gasteiger partial charge in [0.05, 0.1) is 5.69 Å². The first-order chi connectivity index (χ1) is 11.9. The van der Waals surface area contributed by atoms with Gasteiger partial charge in [-0.05, 0) is 37.9 Å². The van der Waals surface area contributed by atoms with Gasteiger partial charge in [0.2, 0.25) is 0 Å². The molecule has 7 heteroatoms. The molecule has 2 aromatic heterocycles. The number of piperidine rings is 1. The molecule has 0 unspecified atom stereocenters. The average molecular weight is 346 g/mol. The number of aliphatic hydroxyl groups excluding tert-OH is 1. The van der Waals surface area contributed by atoms with Crippen molar-refractivity contribution in [3.05, 3.63) is 29.1 Å². The first kappa shape index (κ1) is 18.1. The summed E-state index contributed by atoms with van der Waals surface area (Å²) in [4.78, 5) is 2.49. The number of hydrogen-bond acceptors (Lipinski definition) is 5. The third kappa shape index (κ3) is 4.27. The standard InChI is InChI=1S/C18H30N6O/c1-18(2,3)15-10-14(19-20-15)11-24-7-5-13(6-8-24)9-16-21-22-17(12-25)23(16)4/h10,13,25H,5-9,11-12H2,1-4H3,(H,19,20). The molecule has 1 aliphatic rings. The fraction of sp³-hybridized carbons (Fsp3) is 0.722. The Balaban J connectivity index is 1.50. The van der Waals surface area contributed by atoms with Crippen molar-refractivity contribution in [2.75, 3.05) is 13.1 Å². The van der Waals surface area contributed by atoms with Crippen LogP contribution in [0.25, 0.3) is 0 Å². The van der Waals surface area contributed by atoms with Gasteiger partial charge in [0, 0.05) is 31.1 Å². The highest BCUT2D eigenvalue weighted by Gasteiger charge is 2.23. The van der Waals surface area contributed by atoms with Crippen LogP contribution in [0.5, 0.6) is 0 Å². The minimum Gasteiger partial charge on any atom is -0.388 e. The molecular formula is C18H30N6O. The number of aliphatic hydroxyl groups is 1. The molecule has 3 rings (SSSR count). The lowest BCUT2D eigenvalue weighted by molar-refractivity contribution is 0.173. The van der Waals surface area contributed by atoms with Crippen LogP contribution in [0.2, 0.25) is 0 Å². The quantitative estimate of drug-likeness (QED) is 0.862. The molecule has 2 aromatic rings. The molecule has 1 saturated heterocycles. The van der Waals surface area contributed by atoms with E-state index in [0.29, 0.717) is 11.7 Å². The smallest absolute Gasteiger partial charge is 0.158 e. The van der Waals surface area contributed by atoms with Crippen molar-refractivity contribution in [2.45, 2.75) is 58.6 Å². The van der Waals surface area contributed by atoms with Crippen LogP contribution in [0.3, 0.4) is 0 Å². The summed E-state index contributed by atoms with van der Waals surface area (Å²) in [6.07, 6.45) is 3.28. The largest absolute Gasteiger partial charge is 0.388 e. The van der Waals surface area contributed by atoms with Crippen LogP contribution in [0.15, 0.2) is 6.07 Å². The van der Waals surface area contributed by atoms with Crippen molar-refractivity contribution in [3.63, 3.8) is 0 Å². The summed E-state index contributed by atoms with van der Waals surface area (Å²) < 4.78 is 1.92. The highest BCUT2D eigenvalue weighted by Crippen LogP contribution is 2.24. The number of rotatable bonds is 5. The normalized spacial score (nSPS) is 17.3. The van der Waals surface area contributed by atoms with Crippen molar-refractivity contribution in [3.8, 4) is 0 Å². The average Bonchev–Trinajstić information content (AvgIpc) is 3.17. The fourth-order valence-corrected chi connectivity index (χ4v) is 3.39. The van der Waals surface area contributed by atoms with Gasteiger partial charge < -0.3 is 9.67 Å². The topological polar surface area (TPSA) is 82.9 Å². The van der Waals surface area contributed by atoms with E-state index in [1.807, 2.05) is 11.6 Å². The zero-order valence-corrected chi connectivity index (χ0v) is 15.8. The third-order valence-electron chi connectivity index (χ3n) is 5.17. The number of hydrogen-bond donors (Lipinski definition) is 2. The molecule has 1 aliphatic heterocycles. The summed E-state index contributed by atoms with van der Waals surface area (Å²) in [5, 5.41) is 25.1. The zero-order valence-electron chi connectivity index (χ0n) is 15.8. The maximum Gasteiger partial charge on any atom is 0.158 e. The monoisotopic (exact) mass is 346 g/mol. The number of nitrogens with one attached hydrogen (secondary N) is 1. The minimum atomic E-state index is -0.0529. The van der Waals surface area contributed by atoms with E-state index in [2.05, 4.69) is 52.1 Å². The molecule has 0 atom stereocenters. The number of likely N-dealkylation sites (tertiary alicyclic amines) is 1. The van der Waals surface area contributed by atoms with Crippen molar-refractivity contribution in [1.82, 2.24) is 29.9 Å². The van der Waals surface area contributed by atoms with Gasteiger partial charge in [0.15, 0.2) is 5.82 Å². The van der Waals surface area contributed by atoms with E-state index in [-0.39, 0.29) is 12.0 Å². The minimum absolute atomic E-state index is 0.0529. The molecule has 0 amide bonds. The highest BCUT2D eigenvalue weighted by atomic mass is 16.3. The lowest BCUT2D eigenvalue weighted by Gasteiger charge is -2.31. The van der Waals surface area contributed by atoms with E-state index in [1.165, 1.54) is 18.5 Å². The van der Waals surface area contributed by atoms with Crippen LogP contribution in [0.1, 0.15) is 56.6 Å². The Morgan fingerprint density at radius 2 is 1.88 bits per heavy atom. The lowest BCUT2D eigenvalue weighted by atomic mass is 9.92. The molecule has 0 bridgehead atoms. The number of aromatic amines is 1. The highest BCUT2D eigenvalue weighted by molar-refractivity contribution is 5.16. The van der Waals surface area contributed by atoms with Gasteiger partial charge in [-0.2, -0.15) is 5.10 Å². The van der Waals surface area contributed by atoms with Gasteiger partial charge in [-0.3, -0.25) is 10.00 Å². The second-order valence-corrected chi connectivity index (χ2v) is 8.20. The van der Waals surface area contributed by atoms with E-state index in [1.54, 1.807) is 0 Å². The van der Waals surface area contributed by atoms with Crippen LogP contribution < -0.4 is 0 Å². The van der Waals surface area contributed by atoms with Crippen molar-refractivity contribution in [2.24, 2.45) is 13.0 Å². The molecule has 25 heavy (non-hydrogen) atoms. The van der Waals surface area contributed by atoms with Crippen LogP contribution >= 0.6 is 0 Å². The number of nitrogens with zero attached hydrogens (tertiary/aromatic N) is 5. The Morgan fingerprint density at radius 3 is 2.44 bits per heavy atom. The van der Waals surface area contributed by atoms with E-state index in [0.717, 1.165) is 37.6 Å². The predicted octanol–water partition coefficient (Wildman–Crippen LogP) is 1.78. The zero-order chi connectivity index (χ0) is 18.0. The van der Waals surface area contributed by atoms with E-state index < -0.39 is 0 Å². The first-order valence-electron chi connectivity index (χ1n) is 9.12. The van der Waals surface area contributed by atoms with Gasteiger partial charge >= 0.3 is 0 Å². The molecule has 0 spiro atoms. The Kier molecular flexibility index (Phi) is 5.24. The maximum atomic E-state index is 9.23. The van der Waals surface area contributed by atoms with E-state index in [4.69, 9.17) is 0 Å². The van der Waals surface area contributed by atoms with Crippen LogP contribution in [-0.4, -0.2) is 48.1 Å². The molecule has 138 valence electrons. The van der Waals surface area contributed by atoms with E-state index >= 15 is 0 Å². The molecule has 3 heterocycles. The summed E-state index contributed by atoms with van der Waals surface area (Å²) in [6.45, 7) is 9.64. The SMILES string of the molecule is Cn1c(CO)nnc1CC1CCN(Cc2cc(C(C)(C)C)n[nH]2)CC1. The summed E-state index contributed by atoms with van der Waals surface area (Å²) >= 11 is 0. The third-order valence-corrected chi connectivity index (χ3v) is 5.17. The Hall–Kier alpha value is -1.73. The Labute approximate surface area is 149 Å². The lowest BCUT2D eigenvalue weighted by Crippen LogP contribution is -2.34. The second-order valence-electron chi connectivity index (χ2n) is 8.20. The molecule has 2 N–H and O–H groups in total. The number of aromatic nitrogens is 5. The van der Waals surface area contributed by atoms with Crippen molar-refractivity contribution >= 4 is 0 Å². The van der Waals surface area contributed by atoms with Crippen molar-refractivity contribution < 1.29 is 5.11 Å². The molecular weight excluding hydrogens is 316 g/mol. The van der Waals surface area contributed by atoms with Crippen LogP contribution in [-0.2, 0) is 32.0 Å². The summed E-state index contributed by atoms with van der Waals surface area (Å²) in [5.41, 5.74) is 2.41. The van der Waals surface area contributed by atoms with Gasteiger partial charge in [0.1, 0.15) is 12.4 Å². The van der Waals surface area contributed by atoms with Crippen LogP contribution in [0.4, 0.5) is 0 Å².